The van der Waals surface area contributed by atoms with E-state index in [2.05, 4.69) is 473 Å². The predicted octanol–water partition coefficient (Wildman–Crippen LogP) is 29.6. The molecule has 12 nitrogen and oxygen atoms in total. The summed E-state index contributed by atoms with van der Waals surface area (Å²) in [6.45, 7) is 38.0. The zero-order valence-electron chi connectivity index (χ0n) is 83.6. The molecule has 13 aromatic carbocycles. The van der Waals surface area contributed by atoms with Crippen LogP contribution in [-0.2, 0) is 108 Å². The maximum atomic E-state index is 8.07. The number of pyridine rings is 3. The monoisotopic (exact) mass is 2330 g/mol. The first kappa shape index (κ1) is 91.9. The van der Waals surface area contributed by atoms with Crippen molar-refractivity contribution in [2.75, 3.05) is 0 Å². The minimum atomic E-state index is -2.30. The van der Waals surface area contributed by atoms with Crippen molar-refractivity contribution >= 4 is 98.5 Å². The number of aromatic nitrogens is 12. The largest absolute Gasteiger partial charge is 0.319 e. The van der Waals surface area contributed by atoms with E-state index >= 15 is 0 Å². The van der Waals surface area contributed by atoms with Crippen molar-refractivity contribution < 1.29 is 67.3 Å². The van der Waals surface area contributed by atoms with Gasteiger partial charge in [0.15, 0.2) is 52.1 Å². The molecule has 9 heterocycles. The van der Waals surface area contributed by atoms with E-state index < -0.39 is 12.4 Å². The Bertz CT molecular complexity index is 8120. The standard InChI is InChI=1S/C43H37N4.C41H41N4.C38H35N4.3Pt/c1-42(2,3)30-24-25-44-41(28-30)47-37-19-10-9-18-35(37)36-23-22-32(27-40(36)47)43(4,5)31-14-13-17-34(26-31)46-29-45(33-15-7-6-8-16-33)38-20-11-12-21-39(38)46;1-39(2,3)28-22-23-42-38(26-28)45-34-17-10-9-16-32(34)33-21-20-30(25-37(33)45)41(7,8)29-14-13-15-31(24-29)43-27-44(40(4,5)6)36-19-12-11-18-35(36)43;1-37(2,3)26-20-21-39-36(24-26)42-32-15-8-7-14-30(32)31-19-18-28(23-35(31)42)38(4,5)27-12-11-13-29(22-27)41-25-40(6)33-16-9-10-17-34(33)41;;;/h6-25,28-29H,1-5H3;9-23,26-27H,1-8H3;7-21,24-25H,1-6H3;;;/q3*-1;;;/i;;6D3;;;. The summed E-state index contributed by atoms with van der Waals surface area (Å²) in [6, 6.07) is 129. The van der Waals surface area contributed by atoms with Crippen LogP contribution in [0.3, 0.4) is 0 Å². The summed E-state index contributed by atoms with van der Waals surface area (Å²) >= 11 is 0. The Labute approximate surface area is 852 Å². The summed E-state index contributed by atoms with van der Waals surface area (Å²) in [5.41, 5.74) is 25.4. The molecular weight excluding hydrogens is 2220 g/mol. The average molecular weight is 2340 g/mol. The van der Waals surface area contributed by atoms with E-state index in [9.17, 15) is 0 Å². The van der Waals surface area contributed by atoms with Crippen molar-refractivity contribution in [1.29, 1.82) is 0 Å². The number of rotatable bonds is 13. The Morgan fingerprint density at radius 3 is 0.898 bits per heavy atom. The van der Waals surface area contributed by atoms with Crippen LogP contribution in [0.25, 0.3) is 139 Å². The molecule has 0 bridgehead atoms. The number of hydrogen-bond acceptors (Lipinski definition) is 3. The number of benzene rings is 13. The van der Waals surface area contributed by atoms with Crippen LogP contribution in [0.2, 0.25) is 0 Å². The molecule has 0 amide bonds. The quantitative estimate of drug-likeness (QED) is 0.108. The summed E-state index contributed by atoms with van der Waals surface area (Å²) in [6.07, 6.45) is 11.8. The zero-order valence-corrected chi connectivity index (χ0v) is 87.5. The van der Waals surface area contributed by atoms with Gasteiger partial charge < -0.3 is 13.7 Å². The summed E-state index contributed by atoms with van der Waals surface area (Å²) in [7, 11) is 0. The second-order valence-corrected chi connectivity index (χ2v) is 41.2. The van der Waals surface area contributed by atoms with Gasteiger partial charge in [0, 0.05) is 163 Å². The third-order valence-corrected chi connectivity index (χ3v) is 27.1. The van der Waals surface area contributed by atoms with Crippen LogP contribution in [0.1, 0.15) is 179 Å². The molecular formula is C122H113N12Pt3-3. The topological polar surface area (TPSA) is 83.0 Å². The van der Waals surface area contributed by atoms with E-state index in [4.69, 9.17) is 19.1 Å². The average Bonchev–Trinajstić information content (AvgIpc) is 1.59. The number of fused-ring (bicyclic) bond motifs is 12. The van der Waals surface area contributed by atoms with Crippen molar-refractivity contribution in [2.24, 2.45) is 6.98 Å². The van der Waals surface area contributed by atoms with Crippen molar-refractivity contribution in [3.8, 4) is 40.2 Å². The fourth-order valence-electron chi connectivity index (χ4n) is 19.1. The van der Waals surface area contributed by atoms with Gasteiger partial charge >= 0.3 is 0 Å². The molecule has 0 atom stereocenters. The van der Waals surface area contributed by atoms with Gasteiger partial charge in [-0.3, -0.25) is 0 Å². The van der Waals surface area contributed by atoms with Gasteiger partial charge in [0.05, 0.1) is 5.54 Å². The Balaban J connectivity index is 0.000000143. The Kier molecular flexibility index (Phi) is 24.8. The van der Waals surface area contributed by atoms with Gasteiger partial charge in [0.2, 0.25) is 0 Å². The number of para-hydroxylation sites is 10. The van der Waals surface area contributed by atoms with Gasteiger partial charge in [0.1, 0.15) is 23.1 Å². The van der Waals surface area contributed by atoms with Crippen molar-refractivity contribution in [1.82, 2.24) is 56.1 Å². The van der Waals surface area contributed by atoms with Crippen LogP contribution in [-0.4, -0.2) is 56.1 Å². The Morgan fingerprint density at radius 2 is 0.547 bits per heavy atom. The maximum absolute atomic E-state index is 8.07. The number of nitrogens with zero attached hydrogens (tertiary/aromatic N) is 12. The van der Waals surface area contributed by atoms with Crippen LogP contribution in [0, 0.1) is 36.4 Å². The van der Waals surface area contributed by atoms with Crippen LogP contribution < -0.4 is 0 Å². The summed E-state index contributed by atoms with van der Waals surface area (Å²) in [5, 5.41) is 7.04. The number of hydrogen-bond donors (Lipinski definition) is 0. The normalized spacial score (nSPS) is 12.7. The van der Waals surface area contributed by atoms with Crippen LogP contribution in [0.15, 0.2) is 341 Å². The summed E-state index contributed by atoms with van der Waals surface area (Å²) in [4.78, 5) is 14.6. The molecule has 0 saturated heterocycles. The first-order valence-electron chi connectivity index (χ1n) is 47.9. The van der Waals surface area contributed by atoms with Gasteiger partial charge in [-0.2, -0.15) is 112 Å². The third-order valence-electron chi connectivity index (χ3n) is 27.1. The third kappa shape index (κ3) is 17.6. The second kappa shape index (κ2) is 36.9. The van der Waals surface area contributed by atoms with Crippen LogP contribution in [0.4, 0.5) is 0 Å². The van der Waals surface area contributed by atoms with Crippen molar-refractivity contribution in [3.05, 3.63) is 427 Å². The van der Waals surface area contributed by atoms with E-state index in [1.165, 1.54) is 53.8 Å². The molecule has 694 valence electrons. The molecule has 9 aromatic heterocycles. The van der Waals surface area contributed by atoms with Crippen LogP contribution >= 0.6 is 0 Å². The molecule has 15 heteroatoms. The molecule has 22 aromatic rings. The molecule has 0 saturated carbocycles. The Hall–Kier alpha value is -12.8. The van der Waals surface area contributed by atoms with Gasteiger partial charge in [-0.05, 0) is 177 Å². The second-order valence-electron chi connectivity index (χ2n) is 41.2. The molecule has 0 unspecified atom stereocenters. The smallest absolute Gasteiger partial charge is 0.188 e. The van der Waals surface area contributed by atoms with Crippen molar-refractivity contribution in [2.45, 2.75) is 163 Å². The molecule has 0 N–H and O–H groups in total. The first-order chi connectivity index (χ1) is 65.4. The number of imidazole rings is 3. The predicted molar refractivity (Wildman–Crippen MR) is 556 cm³/mol. The minimum Gasteiger partial charge on any atom is -0.319 e. The summed E-state index contributed by atoms with van der Waals surface area (Å²) < 4.78 is 43.3. The van der Waals surface area contributed by atoms with E-state index in [-0.39, 0.29) is 95.8 Å². The maximum Gasteiger partial charge on any atom is 0.188 e. The zero-order chi connectivity index (χ0) is 95.8. The first-order valence-corrected chi connectivity index (χ1v) is 46.4. The molecule has 0 aliphatic rings. The van der Waals surface area contributed by atoms with E-state index in [1.54, 1.807) is 6.33 Å². The van der Waals surface area contributed by atoms with Gasteiger partial charge in [-0.25, -0.2) is 37.8 Å². The Morgan fingerprint density at radius 1 is 0.255 bits per heavy atom. The molecule has 137 heavy (non-hydrogen) atoms. The number of aryl methyl sites for hydroxylation is 1. The molecule has 22 rings (SSSR count). The fraction of sp³-hybridized carbons (Fsp3) is 0.213. The fourth-order valence-corrected chi connectivity index (χ4v) is 19.1. The van der Waals surface area contributed by atoms with E-state index in [0.717, 1.165) is 134 Å². The molecule has 0 radical (unpaired) electrons. The van der Waals surface area contributed by atoms with E-state index in [1.807, 2.05) is 59.6 Å². The molecule has 0 fully saturated rings. The van der Waals surface area contributed by atoms with Gasteiger partial charge in [-0.15, -0.1) is 69.2 Å². The van der Waals surface area contributed by atoms with E-state index in [0.29, 0.717) is 5.52 Å². The molecule has 0 aliphatic heterocycles. The minimum absolute atomic E-state index is 0. The molecule has 0 aliphatic carbocycles. The van der Waals surface area contributed by atoms with Crippen LogP contribution in [0.5, 0.6) is 0 Å². The SMILES string of the molecule is CC(C)(C)c1ccnc(-n2c3[c-]c(C(C)(C)c4[c-]c(-n5[cH+]n(-c6ccccc6)c6ccccc65)ccc4)ccc3c3ccccc32)c1.CC(C)(C)c1ccnc(-n2c3[c-]c(C(C)(C)c4[c-]c(-n5[cH+]n(C(C)(C)C)c6ccccc65)ccc4)ccc3c3ccccc32)c1.[2H]C([2H])([2H])n1[cH+]n(-c2[c-]c(C(C)(C)c3[c-]c4c(cc3)c3ccccc3n4-c3cc(C(C)(C)C)ccn3)ccc2)c2ccccc21.[Pt].[Pt].[Pt]. The van der Waals surface area contributed by atoms with Gasteiger partial charge in [0.25, 0.3) is 0 Å². The van der Waals surface area contributed by atoms with Crippen molar-refractivity contribution in [3.63, 3.8) is 0 Å². The summed E-state index contributed by atoms with van der Waals surface area (Å²) in [5.74, 6) is 2.70. The molecule has 0 spiro atoms. The van der Waals surface area contributed by atoms with Gasteiger partial charge in [-0.1, -0.05) is 205 Å².